The average Bonchev–Trinajstić information content (AvgIpc) is 2.54. The molecular formula is C8H10N2O3S. The summed E-state index contributed by atoms with van der Waals surface area (Å²) in [6, 6.07) is 0. The van der Waals surface area contributed by atoms with Crippen molar-refractivity contribution in [3.8, 4) is 0 Å². The number of hydrogen-bond donors (Lipinski definition) is 1. The number of allylic oxidation sites excluding steroid dienone is 1. The maximum atomic E-state index is 10.7. The molecule has 0 radical (unpaired) electrons. The summed E-state index contributed by atoms with van der Waals surface area (Å²) < 4.78 is 9.04. The quantitative estimate of drug-likeness (QED) is 0.609. The van der Waals surface area contributed by atoms with E-state index in [0.29, 0.717) is 5.70 Å². The molecule has 14 heavy (non-hydrogen) atoms. The van der Waals surface area contributed by atoms with Crippen molar-refractivity contribution in [1.82, 2.24) is 5.16 Å². The fraction of sp³-hybridized carbons (Fsp3) is 0.375. The van der Waals surface area contributed by atoms with Crippen LogP contribution in [0, 0.1) is 0 Å². The molecule has 0 aliphatic heterocycles. The molecule has 0 aliphatic carbocycles. The molecule has 0 aliphatic rings. The summed E-state index contributed by atoms with van der Waals surface area (Å²) in [6.07, 6.45) is 0. The summed E-state index contributed by atoms with van der Waals surface area (Å²) in [5.74, 6) is -0.689. The fourth-order valence-corrected chi connectivity index (χ4v) is 1.35. The summed E-state index contributed by atoms with van der Waals surface area (Å²) in [5, 5.41) is 4.96. The first-order chi connectivity index (χ1) is 6.52. The van der Waals surface area contributed by atoms with Gasteiger partial charge in [-0.25, -0.2) is 4.79 Å². The molecule has 0 fully saturated rings. The zero-order valence-corrected chi connectivity index (χ0v) is 8.75. The summed E-state index contributed by atoms with van der Waals surface area (Å²) >= 11 is 3.97. The molecule has 1 aromatic heterocycles. The van der Waals surface area contributed by atoms with Crippen molar-refractivity contribution in [2.75, 3.05) is 0 Å². The SMILES string of the molecule is C=N/C(=C\S)C(C)(C)c1noc(=O)o1. The number of aliphatic imine (C=N–C) groups is 1. The second-order valence-corrected chi connectivity index (χ2v) is 3.40. The van der Waals surface area contributed by atoms with E-state index in [0.717, 1.165) is 0 Å². The van der Waals surface area contributed by atoms with E-state index in [1.807, 2.05) is 0 Å². The third-order valence-electron chi connectivity index (χ3n) is 1.85. The van der Waals surface area contributed by atoms with Gasteiger partial charge in [-0.2, -0.15) is 0 Å². The molecule has 0 N–H and O–H groups in total. The zero-order chi connectivity index (χ0) is 10.8. The molecule has 1 aromatic rings. The van der Waals surface area contributed by atoms with Gasteiger partial charge in [-0.05, 0) is 31.1 Å². The molecule has 0 saturated heterocycles. The highest BCUT2D eigenvalue weighted by atomic mass is 32.1. The Balaban J connectivity index is 3.19. The van der Waals surface area contributed by atoms with E-state index in [1.54, 1.807) is 13.8 Å². The van der Waals surface area contributed by atoms with Crippen molar-refractivity contribution < 1.29 is 8.94 Å². The monoisotopic (exact) mass is 214 g/mol. The van der Waals surface area contributed by atoms with Crippen LogP contribution in [0.1, 0.15) is 19.7 Å². The fourth-order valence-electron chi connectivity index (χ4n) is 0.946. The highest BCUT2D eigenvalue weighted by Crippen LogP contribution is 2.30. The van der Waals surface area contributed by atoms with Crippen LogP contribution in [0.25, 0.3) is 0 Å². The van der Waals surface area contributed by atoms with Gasteiger partial charge in [-0.15, -0.1) is 12.6 Å². The minimum Gasteiger partial charge on any atom is -0.374 e. The van der Waals surface area contributed by atoms with E-state index in [4.69, 9.17) is 4.42 Å². The normalized spacial score (nSPS) is 12.9. The lowest BCUT2D eigenvalue weighted by Gasteiger charge is -2.18. The Morgan fingerprint density at radius 1 is 1.71 bits per heavy atom. The van der Waals surface area contributed by atoms with Gasteiger partial charge in [0, 0.05) is 0 Å². The number of rotatable bonds is 3. The maximum absolute atomic E-state index is 10.7. The van der Waals surface area contributed by atoms with Gasteiger partial charge in [-0.3, -0.25) is 9.52 Å². The van der Waals surface area contributed by atoms with Crippen LogP contribution in [0.4, 0.5) is 0 Å². The van der Waals surface area contributed by atoms with E-state index in [1.165, 1.54) is 5.41 Å². The first-order valence-corrected chi connectivity index (χ1v) is 4.33. The Morgan fingerprint density at radius 2 is 2.36 bits per heavy atom. The van der Waals surface area contributed by atoms with E-state index in [-0.39, 0.29) is 5.89 Å². The lowest BCUT2D eigenvalue weighted by molar-refractivity contribution is 0.331. The van der Waals surface area contributed by atoms with Crippen LogP contribution in [0.15, 0.2) is 29.8 Å². The van der Waals surface area contributed by atoms with Gasteiger partial charge in [0.25, 0.3) is 5.89 Å². The molecule has 0 bridgehead atoms. The smallest absolute Gasteiger partial charge is 0.374 e. The van der Waals surface area contributed by atoms with Gasteiger partial charge in [0.05, 0.1) is 11.1 Å². The molecule has 76 valence electrons. The first kappa shape index (κ1) is 10.8. The van der Waals surface area contributed by atoms with Crippen molar-refractivity contribution >= 4 is 19.3 Å². The molecule has 1 heterocycles. The molecule has 0 spiro atoms. The van der Waals surface area contributed by atoms with E-state index in [2.05, 4.69) is 34.0 Å². The maximum Gasteiger partial charge on any atom is 0.542 e. The Morgan fingerprint density at radius 3 is 2.71 bits per heavy atom. The van der Waals surface area contributed by atoms with Crippen LogP contribution < -0.4 is 5.82 Å². The molecule has 6 heteroatoms. The Kier molecular flexibility index (Phi) is 2.95. The standard InChI is InChI=1S/C8H10N2O3S/c1-8(2,5(4-14)9-3)6-10-13-7(11)12-6/h4,14H,3H2,1-2H3/b5-4-. The molecule has 0 saturated carbocycles. The topological polar surface area (TPSA) is 68.6 Å². The first-order valence-electron chi connectivity index (χ1n) is 3.81. The summed E-state index contributed by atoms with van der Waals surface area (Å²) in [7, 11) is 0. The average molecular weight is 214 g/mol. The van der Waals surface area contributed by atoms with E-state index < -0.39 is 11.2 Å². The van der Waals surface area contributed by atoms with Crippen LogP contribution >= 0.6 is 12.6 Å². The highest BCUT2D eigenvalue weighted by Gasteiger charge is 2.31. The van der Waals surface area contributed by atoms with Crippen LogP contribution in [0.5, 0.6) is 0 Å². The van der Waals surface area contributed by atoms with Crippen molar-refractivity contribution in [2.45, 2.75) is 19.3 Å². The third kappa shape index (κ3) is 1.79. The summed E-state index contributed by atoms with van der Waals surface area (Å²) in [4.78, 5) is 14.4. The Labute approximate surface area is 85.9 Å². The number of aromatic nitrogens is 1. The number of nitrogens with zero attached hydrogens (tertiary/aromatic N) is 2. The minimum absolute atomic E-state index is 0.148. The van der Waals surface area contributed by atoms with Crippen LogP contribution in [0.3, 0.4) is 0 Å². The molecule has 0 aromatic carbocycles. The van der Waals surface area contributed by atoms with Crippen LogP contribution in [-0.2, 0) is 5.41 Å². The summed E-state index contributed by atoms with van der Waals surface area (Å²) in [5.41, 5.74) is -0.145. The summed E-state index contributed by atoms with van der Waals surface area (Å²) in [6.45, 7) is 6.92. The largest absolute Gasteiger partial charge is 0.542 e. The Hall–Kier alpha value is -1.30. The molecule has 1 rings (SSSR count). The van der Waals surface area contributed by atoms with E-state index in [9.17, 15) is 4.79 Å². The number of hydrogen-bond acceptors (Lipinski definition) is 6. The molecule has 5 nitrogen and oxygen atoms in total. The van der Waals surface area contributed by atoms with Gasteiger partial charge >= 0.3 is 5.82 Å². The predicted molar refractivity (Wildman–Crippen MR) is 54.7 cm³/mol. The third-order valence-corrected chi connectivity index (χ3v) is 2.10. The van der Waals surface area contributed by atoms with E-state index >= 15 is 0 Å². The minimum atomic E-state index is -0.837. The van der Waals surface area contributed by atoms with Gasteiger partial charge in [0.15, 0.2) is 0 Å². The van der Waals surface area contributed by atoms with Crippen molar-refractivity contribution in [2.24, 2.45) is 4.99 Å². The molecule has 0 atom stereocenters. The Bertz CT molecular complexity index is 416. The molecular weight excluding hydrogens is 204 g/mol. The molecule has 0 amide bonds. The zero-order valence-electron chi connectivity index (χ0n) is 7.85. The van der Waals surface area contributed by atoms with Gasteiger partial charge < -0.3 is 4.42 Å². The highest BCUT2D eigenvalue weighted by molar-refractivity contribution is 7.83. The van der Waals surface area contributed by atoms with Crippen molar-refractivity contribution in [3.05, 3.63) is 27.6 Å². The predicted octanol–water partition coefficient (Wildman–Crippen LogP) is 1.38. The van der Waals surface area contributed by atoms with Gasteiger partial charge in [0.2, 0.25) is 0 Å². The van der Waals surface area contributed by atoms with Gasteiger partial charge in [0.1, 0.15) is 0 Å². The molecule has 0 unspecified atom stereocenters. The van der Waals surface area contributed by atoms with Gasteiger partial charge in [-0.1, -0.05) is 0 Å². The lowest BCUT2D eigenvalue weighted by atomic mass is 9.90. The number of thiol groups is 1. The second kappa shape index (κ2) is 3.83. The second-order valence-electron chi connectivity index (χ2n) is 3.14. The van der Waals surface area contributed by atoms with Crippen molar-refractivity contribution in [3.63, 3.8) is 0 Å². The van der Waals surface area contributed by atoms with Crippen molar-refractivity contribution in [1.29, 1.82) is 0 Å². The van der Waals surface area contributed by atoms with Crippen LogP contribution in [-0.4, -0.2) is 11.9 Å². The lowest BCUT2D eigenvalue weighted by Crippen LogP contribution is -2.19. The van der Waals surface area contributed by atoms with Crippen LogP contribution in [0.2, 0.25) is 0 Å².